The van der Waals surface area contributed by atoms with Crippen molar-refractivity contribution < 1.29 is 12.9 Å². The van der Waals surface area contributed by atoms with E-state index in [2.05, 4.69) is 5.16 Å². The zero-order chi connectivity index (χ0) is 14.1. The number of aromatic nitrogens is 1. The van der Waals surface area contributed by atoms with E-state index in [4.69, 9.17) is 4.52 Å². The standard InChI is InChI=1S/C13H23NO3S/c1-7-12-11(10(4)14-17-12)8-18(15,16)13(5,6)9(2)3/h9H,7-8H2,1-6H3. The van der Waals surface area contributed by atoms with E-state index < -0.39 is 14.6 Å². The average Bonchev–Trinajstić information content (AvgIpc) is 2.59. The third-order valence-corrected chi connectivity index (χ3v) is 6.66. The fourth-order valence-corrected chi connectivity index (χ4v) is 3.47. The highest BCUT2D eigenvalue weighted by molar-refractivity contribution is 7.92. The van der Waals surface area contributed by atoms with Crippen LogP contribution in [0.15, 0.2) is 4.52 Å². The van der Waals surface area contributed by atoms with E-state index in [-0.39, 0.29) is 11.7 Å². The molecule has 0 aliphatic heterocycles. The van der Waals surface area contributed by atoms with Gasteiger partial charge in [0.05, 0.1) is 16.2 Å². The molecule has 4 nitrogen and oxygen atoms in total. The quantitative estimate of drug-likeness (QED) is 0.827. The number of hydrogen-bond donors (Lipinski definition) is 0. The molecule has 1 rings (SSSR count). The number of nitrogens with zero attached hydrogens (tertiary/aromatic N) is 1. The Hall–Kier alpha value is -0.840. The van der Waals surface area contributed by atoms with Crippen LogP contribution in [0, 0.1) is 12.8 Å². The molecule has 0 aromatic carbocycles. The summed E-state index contributed by atoms with van der Waals surface area (Å²) in [6.07, 6.45) is 0.661. The SMILES string of the molecule is CCc1onc(C)c1CS(=O)(=O)C(C)(C)C(C)C. The molecule has 0 spiro atoms. The molecule has 0 fully saturated rings. The summed E-state index contributed by atoms with van der Waals surface area (Å²) in [5, 5.41) is 3.86. The highest BCUT2D eigenvalue weighted by Gasteiger charge is 2.38. The van der Waals surface area contributed by atoms with Crippen LogP contribution in [-0.4, -0.2) is 18.3 Å². The van der Waals surface area contributed by atoms with E-state index in [1.165, 1.54) is 0 Å². The lowest BCUT2D eigenvalue weighted by atomic mass is 10.00. The first-order valence-electron chi connectivity index (χ1n) is 6.29. The average molecular weight is 273 g/mol. The molecule has 0 saturated carbocycles. The van der Waals surface area contributed by atoms with Crippen molar-refractivity contribution in [2.24, 2.45) is 5.92 Å². The molecular weight excluding hydrogens is 250 g/mol. The minimum absolute atomic E-state index is 0.0106. The van der Waals surface area contributed by atoms with Gasteiger partial charge in [-0.1, -0.05) is 25.9 Å². The number of sulfone groups is 1. The molecule has 104 valence electrons. The number of hydrogen-bond acceptors (Lipinski definition) is 4. The third kappa shape index (κ3) is 2.60. The molecule has 0 amide bonds. The summed E-state index contributed by atoms with van der Waals surface area (Å²) >= 11 is 0. The van der Waals surface area contributed by atoms with Crippen LogP contribution in [0.1, 0.15) is 51.6 Å². The Morgan fingerprint density at radius 3 is 2.33 bits per heavy atom. The van der Waals surface area contributed by atoms with Gasteiger partial charge in [0, 0.05) is 12.0 Å². The van der Waals surface area contributed by atoms with Crippen LogP contribution in [-0.2, 0) is 22.0 Å². The van der Waals surface area contributed by atoms with Crippen molar-refractivity contribution in [3.05, 3.63) is 17.0 Å². The van der Waals surface area contributed by atoms with E-state index in [0.29, 0.717) is 17.9 Å². The molecule has 0 bridgehead atoms. The molecule has 0 radical (unpaired) electrons. The van der Waals surface area contributed by atoms with Gasteiger partial charge in [-0.2, -0.15) is 0 Å². The summed E-state index contributed by atoms with van der Waals surface area (Å²) in [6, 6.07) is 0. The molecule has 1 aromatic heterocycles. The van der Waals surface area contributed by atoms with Crippen LogP contribution in [0.25, 0.3) is 0 Å². The van der Waals surface area contributed by atoms with Crippen molar-refractivity contribution in [2.45, 2.75) is 58.5 Å². The molecule has 18 heavy (non-hydrogen) atoms. The van der Waals surface area contributed by atoms with E-state index in [9.17, 15) is 8.42 Å². The van der Waals surface area contributed by atoms with Crippen molar-refractivity contribution in [1.82, 2.24) is 5.16 Å². The highest BCUT2D eigenvalue weighted by Crippen LogP contribution is 2.30. The first-order valence-corrected chi connectivity index (χ1v) is 7.95. The third-order valence-electron chi connectivity index (χ3n) is 3.91. The van der Waals surface area contributed by atoms with Gasteiger partial charge < -0.3 is 4.52 Å². The molecule has 0 unspecified atom stereocenters. The zero-order valence-electron chi connectivity index (χ0n) is 12.1. The maximum absolute atomic E-state index is 12.5. The van der Waals surface area contributed by atoms with Gasteiger partial charge in [0.1, 0.15) is 5.76 Å². The molecule has 0 atom stereocenters. The van der Waals surface area contributed by atoms with Gasteiger partial charge in [-0.05, 0) is 26.7 Å². The largest absolute Gasteiger partial charge is 0.361 e. The van der Waals surface area contributed by atoms with Crippen molar-refractivity contribution in [3.8, 4) is 0 Å². The molecule has 0 N–H and O–H groups in total. The summed E-state index contributed by atoms with van der Waals surface area (Å²) in [6.45, 7) is 11.1. The second-order valence-corrected chi connectivity index (χ2v) is 8.11. The van der Waals surface area contributed by atoms with E-state index in [0.717, 1.165) is 5.56 Å². The van der Waals surface area contributed by atoms with Crippen molar-refractivity contribution in [1.29, 1.82) is 0 Å². The van der Waals surface area contributed by atoms with Gasteiger partial charge in [-0.15, -0.1) is 0 Å². The molecule has 0 aliphatic carbocycles. The van der Waals surface area contributed by atoms with E-state index in [1.54, 1.807) is 20.8 Å². The lowest BCUT2D eigenvalue weighted by Gasteiger charge is -2.28. The molecule has 0 aliphatic rings. The number of aryl methyl sites for hydroxylation is 2. The molecule has 5 heteroatoms. The first kappa shape index (κ1) is 15.2. The first-order chi connectivity index (χ1) is 8.13. The Bertz CT molecular complexity index is 512. The Balaban J connectivity index is 3.14. The number of rotatable bonds is 5. The van der Waals surface area contributed by atoms with Crippen LogP contribution in [0.2, 0.25) is 0 Å². The molecule has 0 saturated heterocycles. The second-order valence-electron chi connectivity index (χ2n) is 5.54. The van der Waals surface area contributed by atoms with Crippen LogP contribution >= 0.6 is 0 Å². The lowest BCUT2D eigenvalue weighted by molar-refractivity contribution is 0.382. The van der Waals surface area contributed by atoms with Gasteiger partial charge >= 0.3 is 0 Å². The van der Waals surface area contributed by atoms with Crippen molar-refractivity contribution >= 4 is 9.84 Å². The highest BCUT2D eigenvalue weighted by atomic mass is 32.2. The second kappa shape index (κ2) is 5.03. The van der Waals surface area contributed by atoms with Gasteiger partial charge in [-0.3, -0.25) is 0 Å². The van der Waals surface area contributed by atoms with Gasteiger partial charge in [0.25, 0.3) is 0 Å². The topological polar surface area (TPSA) is 60.2 Å². The normalized spacial score (nSPS) is 13.3. The molecule has 1 aromatic rings. The maximum Gasteiger partial charge on any atom is 0.160 e. The predicted molar refractivity (Wildman–Crippen MR) is 72.2 cm³/mol. The molecular formula is C13H23NO3S. The van der Waals surface area contributed by atoms with E-state index >= 15 is 0 Å². The van der Waals surface area contributed by atoms with Crippen LogP contribution in [0.4, 0.5) is 0 Å². The van der Waals surface area contributed by atoms with Crippen LogP contribution in [0.3, 0.4) is 0 Å². The monoisotopic (exact) mass is 273 g/mol. The maximum atomic E-state index is 12.5. The summed E-state index contributed by atoms with van der Waals surface area (Å²) in [7, 11) is -3.24. The Kier molecular flexibility index (Phi) is 4.26. The lowest BCUT2D eigenvalue weighted by Crippen LogP contribution is -2.38. The predicted octanol–water partition coefficient (Wildman–Crippen LogP) is 2.89. The van der Waals surface area contributed by atoms with Crippen molar-refractivity contribution in [2.75, 3.05) is 0 Å². The van der Waals surface area contributed by atoms with Gasteiger partial charge in [0.2, 0.25) is 0 Å². The summed E-state index contributed by atoms with van der Waals surface area (Å²) < 4.78 is 29.4. The van der Waals surface area contributed by atoms with Crippen molar-refractivity contribution in [3.63, 3.8) is 0 Å². The Morgan fingerprint density at radius 1 is 1.33 bits per heavy atom. The van der Waals surface area contributed by atoms with Crippen LogP contribution < -0.4 is 0 Å². The zero-order valence-corrected chi connectivity index (χ0v) is 12.9. The van der Waals surface area contributed by atoms with Gasteiger partial charge in [0.15, 0.2) is 9.84 Å². The smallest absolute Gasteiger partial charge is 0.160 e. The fourth-order valence-electron chi connectivity index (χ4n) is 1.63. The summed E-state index contributed by atoms with van der Waals surface area (Å²) in [4.78, 5) is 0. The minimum atomic E-state index is -3.24. The van der Waals surface area contributed by atoms with E-state index in [1.807, 2.05) is 20.8 Å². The van der Waals surface area contributed by atoms with Crippen LogP contribution in [0.5, 0.6) is 0 Å². The Morgan fingerprint density at radius 2 is 1.89 bits per heavy atom. The summed E-state index contributed by atoms with van der Waals surface area (Å²) in [5.74, 6) is 0.750. The fraction of sp³-hybridized carbons (Fsp3) is 0.769. The minimum Gasteiger partial charge on any atom is -0.361 e. The van der Waals surface area contributed by atoms with Gasteiger partial charge in [-0.25, -0.2) is 8.42 Å². The Labute approximate surface area is 110 Å². The molecule has 1 heterocycles. The summed E-state index contributed by atoms with van der Waals surface area (Å²) in [5.41, 5.74) is 1.40.